The Morgan fingerprint density at radius 2 is 1.83 bits per heavy atom. The van der Waals surface area contributed by atoms with Crippen LogP contribution in [-0.2, 0) is 14.3 Å². The lowest BCUT2D eigenvalue weighted by molar-refractivity contribution is -0.320. The van der Waals surface area contributed by atoms with Gasteiger partial charge in [-0.3, -0.25) is 9.59 Å². The van der Waals surface area contributed by atoms with Gasteiger partial charge in [0, 0.05) is 6.42 Å². The van der Waals surface area contributed by atoms with E-state index in [2.05, 4.69) is 0 Å². The highest BCUT2D eigenvalue weighted by atomic mass is 16.6. The average Bonchev–Trinajstić information content (AvgIpc) is 2.29. The number of carboxylic acid groups (broad SMARTS) is 1. The Kier molecular flexibility index (Phi) is 4.77. The van der Waals surface area contributed by atoms with E-state index in [4.69, 9.17) is 9.84 Å². The van der Waals surface area contributed by atoms with Crippen molar-refractivity contribution in [2.45, 2.75) is 43.4 Å². The molecule has 0 spiro atoms. The van der Waals surface area contributed by atoms with Crippen LogP contribution in [0.4, 0.5) is 0 Å². The second-order valence-corrected chi connectivity index (χ2v) is 4.27. The molecule has 0 radical (unpaired) electrons. The van der Waals surface area contributed by atoms with Crippen molar-refractivity contribution in [2.75, 3.05) is 6.61 Å². The summed E-state index contributed by atoms with van der Waals surface area (Å²) in [6.45, 7) is -0.430. The van der Waals surface area contributed by atoms with Crippen LogP contribution in [0.3, 0.4) is 0 Å². The summed E-state index contributed by atoms with van der Waals surface area (Å²) in [5.74, 6) is -4.08. The van der Waals surface area contributed by atoms with E-state index >= 15 is 0 Å². The molecule has 0 aliphatic carbocycles. The minimum absolute atomic E-state index is 0.313. The highest BCUT2D eigenvalue weighted by Gasteiger charge is 2.49. The van der Waals surface area contributed by atoms with Gasteiger partial charge in [0.2, 0.25) is 5.79 Å². The maximum atomic E-state index is 11.4. The molecule has 0 bridgehead atoms. The van der Waals surface area contributed by atoms with Crippen LogP contribution in [0.15, 0.2) is 0 Å². The lowest BCUT2D eigenvalue weighted by Gasteiger charge is -2.41. The Morgan fingerprint density at radius 1 is 1.22 bits per heavy atom. The standard InChI is InChI=1S/C10H16O8/c11-5(1-2-7(13)14)3-10(17)9(16)8(15)6(12)4-18-10/h6,8-9,12,15-17H,1-4H2,(H,13,14)/t6-,8+,9-,10+/m1/s1. The zero-order valence-electron chi connectivity index (χ0n) is 9.52. The fraction of sp³-hybridized carbons (Fsp3) is 0.800. The Hall–Kier alpha value is -1.06. The van der Waals surface area contributed by atoms with Crippen LogP contribution >= 0.6 is 0 Å². The first kappa shape index (κ1) is 15.0. The third-order valence-electron chi connectivity index (χ3n) is 2.75. The van der Waals surface area contributed by atoms with E-state index in [1.54, 1.807) is 0 Å². The number of carboxylic acids is 1. The molecule has 4 atom stereocenters. The van der Waals surface area contributed by atoms with E-state index in [0.717, 1.165) is 0 Å². The Balaban J connectivity index is 2.58. The number of ether oxygens (including phenoxy) is 1. The molecule has 18 heavy (non-hydrogen) atoms. The third-order valence-corrected chi connectivity index (χ3v) is 2.75. The summed E-state index contributed by atoms with van der Waals surface area (Å²) in [7, 11) is 0. The molecule has 0 aromatic carbocycles. The van der Waals surface area contributed by atoms with Gasteiger partial charge in [-0.25, -0.2) is 0 Å². The zero-order chi connectivity index (χ0) is 13.9. The van der Waals surface area contributed by atoms with Gasteiger partial charge in [-0.2, -0.15) is 0 Å². The van der Waals surface area contributed by atoms with Crippen molar-refractivity contribution in [3.8, 4) is 0 Å². The predicted molar refractivity (Wildman–Crippen MR) is 55.4 cm³/mol. The summed E-state index contributed by atoms with van der Waals surface area (Å²) in [6.07, 6.45) is -6.17. The molecule has 8 nitrogen and oxygen atoms in total. The molecule has 1 saturated heterocycles. The van der Waals surface area contributed by atoms with Gasteiger partial charge in [0.15, 0.2) is 0 Å². The number of rotatable bonds is 5. The van der Waals surface area contributed by atoms with Crippen molar-refractivity contribution in [1.29, 1.82) is 0 Å². The second-order valence-electron chi connectivity index (χ2n) is 4.27. The molecule has 8 heteroatoms. The number of carbonyl (C=O) groups is 2. The molecule has 1 heterocycles. The number of ketones is 1. The molecule has 104 valence electrons. The number of aliphatic carboxylic acids is 1. The van der Waals surface area contributed by atoms with Crippen molar-refractivity contribution in [1.82, 2.24) is 0 Å². The molecule has 0 saturated carbocycles. The molecule has 1 fully saturated rings. The maximum absolute atomic E-state index is 11.4. The summed E-state index contributed by atoms with van der Waals surface area (Å²) in [4.78, 5) is 21.7. The van der Waals surface area contributed by atoms with Gasteiger partial charge >= 0.3 is 5.97 Å². The highest BCUT2D eigenvalue weighted by Crippen LogP contribution is 2.27. The minimum atomic E-state index is -2.30. The van der Waals surface area contributed by atoms with Crippen molar-refractivity contribution in [3.05, 3.63) is 0 Å². The van der Waals surface area contributed by atoms with Gasteiger partial charge in [0.25, 0.3) is 0 Å². The molecule has 1 aliphatic heterocycles. The molecule has 1 aliphatic rings. The number of hydrogen-bond acceptors (Lipinski definition) is 7. The fourth-order valence-corrected chi connectivity index (χ4v) is 1.66. The monoisotopic (exact) mass is 264 g/mol. The summed E-state index contributed by atoms with van der Waals surface area (Å²) in [5.41, 5.74) is 0. The van der Waals surface area contributed by atoms with Gasteiger partial charge in [-0.05, 0) is 0 Å². The lowest BCUT2D eigenvalue weighted by Crippen LogP contribution is -2.61. The van der Waals surface area contributed by atoms with Gasteiger partial charge < -0.3 is 30.3 Å². The van der Waals surface area contributed by atoms with E-state index in [1.165, 1.54) is 0 Å². The Bertz CT molecular complexity index is 330. The SMILES string of the molecule is O=C(O)CCC(=O)C[C@]1(O)OC[C@@H](O)[C@H](O)[C@H]1O. The van der Waals surface area contributed by atoms with Crippen molar-refractivity contribution in [3.63, 3.8) is 0 Å². The van der Waals surface area contributed by atoms with Gasteiger partial charge in [0.05, 0.1) is 19.4 Å². The highest BCUT2D eigenvalue weighted by molar-refractivity contribution is 5.83. The molecule has 1 rings (SSSR count). The molecule has 0 aromatic heterocycles. The first-order valence-corrected chi connectivity index (χ1v) is 5.40. The van der Waals surface area contributed by atoms with E-state index in [0.29, 0.717) is 0 Å². The largest absolute Gasteiger partial charge is 0.481 e. The molecule has 0 aromatic rings. The van der Waals surface area contributed by atoms with Crippen LogP contribution in [0.2, 0.25) is 0 Å². The topological polar surface area (TPSA) is 145 Å². The van der Waals surface area contributed by atoms with Crippen LogP contribution in [0.25, 0.3) is 0 Å². The van der Waals surface area contributed by atoms with Gasteiger partial charge in [-0.1, -0.05) is 0 Å². The van der Waals surface area contributed by atoms with Crippen molar-refractivity contribution >= 4 is 11.8 Å². The third kappa shape index (κ3) is 3.47. The summed E-state index contributed by atoms with van der Waals surface area (Å²) in [6, 6.07) is 0. The van der Waals surface area contributed by atoms with Crippen LogP contribution in [0.5, 0.6) is 0 Å². The zero-order valence-corrected chi connectivity index (χ0v) is 9.52. The van der Waals surface area contributed by atoms with E-state index < -0.39 is 55.3 Å². The van der Waals surface area contributed by atoms with Gasteiger partial charge in [0.1, 0.15) is 24.1 Å². The van der Waals surface area contributed by atoms with Crippen LogP contribution < -0.4 is 0 Å². The Labute approximate surface area is 102 Å². The number of aliphatic hydroxyl groups is 4. The normalized spacial score (nSPS) is 36.3. The second kappa shape index (κ2) is 5.72. The molecular formula is C10H16O8. The summed E-state index contributed by atoms with van der Waals surface area (Å²) < 4.78 is 4.77. The molecule has 5 N–H and O–H groups in total. The first-order valence-electron chi connectivity index (χ1n) is 5.40. The Morgan fingerprint density at radius 3 is 2.39 bits per heavy atom. The van der Waals surface area contributed by atoms with Crippen molar-refractivity contribution < 1.29 is 39.9 Å². The van der Waals surface area contributed by atoms with Crippen molar-refractivity contribution in [2.24, 2.45) is 0 Å². The van der Waals surface area contributed by atoms with Crippen LogP contribution in [-0.4, -0.2) is 68.0 Å². The van der Waals surface area contributed by atoms with E-state index in [1.807, 2.05) is 0 Å². The number of aliphatic hydroxyl groups excluding tert-OH is 3. The first-order chi connectivity index (χ1) is 8.26. The number of hydrogen-bond donors (Lipinski definition) is 5. The van der Waals surface area contributed by atoms with Crippen LogP contribution in [0.1, 0.15) is 19.3 Å². The summed E-state index contributed by atoms with van der Waals surface area (Å²) in [5, 5.41) is 46.3. The van der Waals surface area contributed by atoms with E-state index in [-0.39, 0.29) is 6.42 Å². The quantitative estimate of drug-likeness (QED) is 0.370. The van der Waals surface area contributed by atoms with Gasteiger partial charge in [-0.15, -0.1) is 0 Å². The lowest BCUT2D eigenvalue weighted by atomic mass is 9.92. The summed E-state index contributed by atoms with van der Waals surface area (Å²) >= 11 is 0. The number of carbonyl (C=O) groups excluding carboxylic acids is 1. The fourth-order valence-electron chi connectivity index (χ4n) is 1.66. The van der Waals surface area contributed by atoms with Crippen LogP contribution in [0, 0.1) is 0 Å². The molecular weight excluding hydrogens is 248 g/mol. The average molecular weight is 264 g/mol. The minimum Gasteiger partial charge on any atom is -0.481 e. The number of Topliss-reactive ketones (excluding diaryl/α,β-unsaturated/α-hetero) is 1. The molecule has 0 amide bonds. The molecule has 0 unspecified atom stereocenters. The van der Waals surface area contributed by atoms with E-state index in [9.17, 15) is 30.0 Å². The predicted octanol–water partition coefficient (Wildman–Crippen LogP) is -2.39. The smallest absolute Gasteiger partial charge is 0.303 e. The maximum Gasteiger partial charge on any atom is 0.303 e.